The Bertz CT molecular complexity index is 535. The van der Waals surface area contributed by atoms with E-state index < -0.39 is 0 Å². The molecule has 4 nitrogen and oxygen atoms in total. The first kappa shape index (κ1) is 15.3. The number of benzene rings is 1. The normalized spacial score (nSPS) is 18.7. The highest BCUT2D eigenvalue weighted by Crippen LogP contribution is 2.28. The van der Waals surface area contributed by atoms with Crippen LogP contribution in [0.3, 0.4) is 0 Å². The maximum atomic E-state index is 11.8. The SMILES string of the molecule is CNC(=O)C1CCCN(c2ccc(C(N)=S)c(Br)c2)C1. The van der Waals surface area contributed by atoms with Crippen molar-refractivity contribution >= 4 is 44.7 Å². The quantitative estimate of drug-likeness (QED) is 0.814. The lowest BCUT2D eigenvalue weighted by atomic mass is 9.96. The maximum absolute atomic E-state index is 11.8. The lowest BCUT2D eigenvalue weighted by Gasteiger charge is -2.33. The van der Waals surface area contributed by atoms with Crippen molar-refractivity contribution in [2.24, 2.45) is 11.7 Å². The van der Waals surface area contributed by atoms with Crippen molar-refractivity contribution in [1.82, 2.24) is 5.32 Å². The van der Waals surface area contributed by atoms with Gasteiger partial charge in [0, 0.05) is 35.9 Å². The molecule has 0 radical (unpaired) electrons. The Morgan fingerprint density at radius 3 is 2.90 bits per heavy atom. The molecule has 1 fully saturated rings. The van der Waals surface area contributed by atoms with Crippen LogP contribution in [-0.4, -0.2) is 31.0 Å². The fraction of sp³-hybridized carbons (Fsp3) is 0.429. The van der Waals surface area contributed by atoms with Gasteiger partial charge in [-0.1, -0.05) is 12.2 Å². The van der Waals surface area contributed by atoms with Crippen LogP contribution in [0.25, 0.3) is 0 Å². The van der Waals surface area contributed by atoms with Gasteiger partial charge in [-0.3, -0.25) is 4.79 Å². The average Bonchev–Trinajstić information content (AvgIpc) is 2.46. The predicted octanol–water partition coefficient (Wildman–Crippen LogP) is 2.05. The minimum atomic E-state index is 0.0581. The summed E-state index contributed by atoms with van der Waals surface area (Å²) in [5, 5.41) is 2.73. The molecule has 0 aliphatic carbocycles. The number of nitrogens with one attached hydrogen (secondary N) is 1. The van der Waals surface area contributed by atoms with Crippen LogP contribution in [0.15, 0.2) is 22.7 Å². The van der Waals surface area contributed by atoms with Gasteiger partial charge in [0.15, 0.2) is 0 Å². The molecule has 6 heteroatoms. The second-order valence-electron chi connectivity index (χ2n) is 4.93. The van der Waals surface area contributed by atoms with Crippen molar-refractivity contribution in [2.45, 2.75) is 12.8 Å². The van der Waals surface area contributed by atoms with Gasteiger partial charge in [0.1, 0.15) is 4.99 Å². The van der Waals surface area contributed by atoms with E-state index in [1.807, 2.05) is 18.2 Å². The highest BCUT2D eigenvalue weighted by molar-refractivity contribution is 9.10. The molecule has 0 aromatic heterocycles. The zero-order valence-electron chi connectivity index (χ0n) is 11.4. The smallest absolute Gasteiger partial charge is 0.224 e. The Kier molecular flexibility index (Phi) is 4.99. The van der Waals surface area contributed by atoms with E-state index in [0.29, 0.717) is 4.99 Å². The maximum Gasteiger partial charge on any atom is 0.224 e. The van der Waals surface area contributed by atoms with Gasteiger partial charge in [-0.2, -0.15) is 0 Å². The minimum absolute atomic E-state index is 0.0581. The summed E-state index contributed by atoms with van der Waals surface area (Å²) in [7, 11) is 1.69. The molecule has 2 rings (SSSR count). The summed E-state index contributed by atoms with van der Waals surface area (Å²) in [6.07, 6.45) is 1.97. The van der Waals surface area contributed by atoms with Gasteiger partial charge in [0.25, 0.3) is 0 Å². The van der Waals surface area contributed by atoms with Crippen molar-refractivity contribution in [3.05, 3.63) is 28.2 Å². The van der Waals surface area contributed by atoms with E-state index in [9.17, 15) is 4.79 Å². The van der Waals surface area contributed by atoms with Crippen LogP contribution in [0.2, 0.25) is 0 Å². The molecule has 1 unspecified atom stereocenters. The monoisotopic (exact) mass is 355 g/mol. The van der Waals surface area contributed by atoms with Crippen molar-refractivity contribution in [3.63, 3.8) is 0 Å². The number of hydrogen-bond acceptors (Lipinski definition) is 3. The summed E-state index contributed by atoms with van der Waals surface area (Å²) in [5.74, 6) is 0.177. The standard InChI is InChI=1S/C14H18BrN3OS/c1-17-14(19)9-3-2-6-18(8-9)10-4-5-11(13(16)20)12(15)7-10/h4-5,7,9H,2-3,6,8H2,1H3,(H2,16,20)(H,17,19). The third kappa shape index (κ3) is 3.30. The van der Waals surface area contributed by atoms with Crippen LogP contribution in [0.5, 0.6) is 0 Å². The molecule has 1 amide bonds. The Morgan fingerprint density at radius 2 is 2.30 bits per heavy atom. The molecule has 1 aromatic rings. The molecule has 0 saturated carbocycles. The molecule has 20 heavy (non-hydrogen) atoms. The number of carbonyl (C=O) groups is 1. The molecule has 1 saturated heterocycles. The first-order valence-electron chi connectivity index (χ1n) is 6.59. The lowest BCUT2D eigenvalue weighted by molar-refractivity contribution is -0.124. The van der Waals surface area contributed by atoms with E-state index in [-0.39, 0.29) is 11.8 Å². The number of carbonyl (C=O) groups excluding carboxylic acids is 1. The van der Waals surface area contributed by atoms with Gasteiger partial charge >= 0.3 is 0 Å². The van der Waals surface area contributed by atoms with E-state index >= 15 is 0 Å². The Morgan fingerprint density at radius 1 is 1.55 bits per heavy atom. The average molecular weight is 356 g/mol. The summed E-state index contributed by atoms with van der Waals surface area (Å²) >= 11 is 8.50. The molecular weight excluding hydrogens is 338 g/mol. The lowest BCUT2D eigenvalue weighted by Crippen LogP contribution is -2.42. The first-order chi connectivity index (χ1) is 9.52. The number of nitrogens with zero attached hydrogens (tertiary/aromatic N) is 1. The number of rotatable bonds is 3. The summed E-state index contributed by atoms with van der Waals surface area (Å²) in [6.45, 7) is 1.71. The van der Waals surface area contributed by atoms with Crippen molar-refractivity contribution in [3.8, 4) is 0 Å². The molecule has 0 spiro atoms. The van der Waals surface area contributed by atoms with Crippen molar-refractivity contribution in [1.29, 1.82) is 0 Å². The van der Waals surface area contributed by atoms with Gasteiger partial charge in [0.05, 0.1) is 5.92 Å². The van der Waals surface area contributed by atoms with Gasteiger partial charge < -0.3 is 16.0 Å². The van der Waals surface area contributed by atoms with Gasteiger partial charge in [-0.15, -0.1) is 0 Å². The van der Waals surface area contributed by atoms with Gasteiger partial charge in [-0.05, 0) is 47.0 Å². The summed E-state index contributed by atoms with van der Waals surface area (Å²) in [5.41, 5.74) is 7.58. The molecular formula is C14H18BrN3OS. The zero-order chi connectivity index (χ0) is 14.7. The topological polar surface area (TPSA) is 58.4 Å². The van der Waals surface area contributed by atoms with Crippen LogP contribution in [0, 0.1) is 5.92 Å². The fourth-order valence-corrected chi connectivity index (χ4v) is 3.42. The zero-order valence-corrected chi connectivity index (χ0v) is 13.8. The highest BCUT2D eigenvalue weighted by Gasteiger charge is 2.25. The summed E-state index contributed by atoms with van der Waals surface area (Å²) < 4.78 is 0.893. The van der Waals surface area contributed by atoms with Crippen LogP contribution in [-0.2, 0) is 4.79 Å². The number of anilines is 1. The van der Waals surface area contributed by atoms with E-state index in [2.05, 4.69) is 26.1 Å². The third-order valence-electron chi connectivity index (χ3n) is 3.62. The summed E-state index contributed by atoms with van der Waals surface area (Å²) in [6, 6.07) is 5.94. The van der Waals surface area contributed by atoms with E-state index in [1.165, 1.54) is 0 Å². The van der Waals surface area contributed by atoms with Crippen LogP contribution in [0.1, 0.15) is 18.4 Å². The van der Waals surface area contributed by atoms with E-state index in [4.69, 9.17) is 18.0 Å². The second-order valence-corrected chi connectivity index (χ2v) is 6.22. The molecule has 1 atom stereocenters. The molecule has 1 heterocycles. The molecule has 1 aliphatic heterocycles. The first-order valence-corrected chi connectivity index (χ1v) is 7.79. The molecule has 3 N–H and O–H groups in total. The Labute approximate surface area is 132 Å². The van der Waals surface area contributed by atoms with Crippen LogP contribution >= 0.6 is 28.1 Å². The van der Waals surface area contributed by atoms with E-state index in [0.717, 1.165) is 41.7 Å². The number of piperidine rings is 1. The van der Waals surface area contributed by atoms with Gasteiger partial charge in [-0.25, -0.2) is 0 Å². The van der Waals surface area contributed by atoms with Crippen LogP contribution in [0.4, 0.5) is 5.69 Å². The summed E-state index contributed by atoms with van der Waals surface area (Å²) in [4.78, 5) is 14.4. The van der Waals surface area contributed by atoms with Gasteiger partial charge in [0.2, 0.25) is 5.91 Å². The minimum Gasteiger partial charge on any atom is -0.389 e. The highest BCUT2D eigenvalue weighted by atomic mass is 79.9. The predicted molar refractivity (Wildman–Crippen MR) is 89.0 cm³/mol. The molecule has 0 bridgehead atoms. The largest absolute Gasteiger partial charge is 0.389 e. The van der Waals surface area contributed by atoms with Crippen LogP contribution < -0.4 is 16.0 Å². The Balaban J connectivity index is 2.17. The molecule has 1 aromatic carbocycles. The Hall–Kier alpha value is -1.14. The molecule has 108 valence electrons. The van der Waals surface area contributed by atoms with E-state index in [1.54, 1.807) is 7.05 Å². The third-order valence-corrected chi connectivity index (χ3v) is 4.50. The number of hydrogen-bond donors (Lipinski definition) is 2. The number of nitrogens with two attached hydrogens (primary N) is 1. The van der Waals surface area contributed by atoms with Crippen molar-refractivity contribution < 1.29 is 4.79 Å². The van der Waals surface area contributed by atoms with Crippen molar-refractivity contribution in [2.75, 3.05) is 25.0 Å². The number of halogens is 1. The number of thiocarbonyl (C=S) groups is 1. The second kappa shape index (κ2) is 6.54. The molecule has 1 aliphatic rings. The fourth-order valence-electron chi connectivity index (χ4n) is 2.53. The number of amides is 1.